The van der Waals surface area contributed by atoms with Crippen LogP contribution in [0.2, 0.25) is 0 Å². The number of halogens is 2. The molecule has 1 nitrogen and oxygen atoms in total. The lowest BCUT2D eigenvalue weighted by Crippen LogP contribution is -2.07. The summed E-state index contributed by atoms with van der Waals surface area (Å²) < 4.78 is 27.6. The summed E-state index contributed by atoms with van der Waals surface area (Å²) in [7, 11) is 0. The van der Waals surface area contributed by atoms with Crippen LogP contribution in [0.3, 0.4) is 0 Å². The average molecular weight is 226 g/mol. The molecular weight excluding hydrogens is 210 g/mol. The zero-order valence-electron chi connectivity index (χ0n) is 9.56. The van der Waals surface area contributed by atoms with E-state index in [0.717, 1.165) is 6.42 Å². The van der Waals surface area contributed by atoms with Crippen molar-refractivity contribution in [2.75, 3.05) is 0 Å². The summed E-state index contributed by atoms with van der Waals surface area (Å²) in [5.74, 6) is -0.540. The highest BCUT2D eigenvalue weighted by Crippen LogP contribution is 2.35. The van der Waals surface area contributed by atoms with Gasteiger partial charge in [0.1, 0.15) is 11.6 Å². The Kier molecular flexibility index (Phi) is 2.98. The standard InChI is InChI=1S/C13H16F2O/c1-7-3-4-9-10(14)6-8(2)13(15)12(9)11(16)5-7/h6-7,11,16H,3-5H2,1-2H3. The van der Waals surface area contributed by atoms with Crippen LogP contribution in [0.25, 0.3) is 0 Å². The van der Waals surface area contributed by atoms with Crippen LogP contribution < -0.4 is 0 Å². The molecular formula is C13H16F2O. The van der Waals surface area contributed by atoms with Crippen molar-refractivity contribution in [3.63, 3.8) is 0 Å². The molecule has 0 radical (unpaired) electrons. The fourth-order valence-corrected chi connectivity index (χ4v) is 2.42. The van der Waals surface area contributed by atoms with Crippen LogP contribution in [0.4, 0.5) is 8.78 Å². The Hall–Kier alpha value is -0.960. The zero-order chi connectivity index (χ0) is 11.9. The minimum atomic E-state index is -0.873. The third-order valence-corrected chi connectivity index (χ3v) is 3.39. The Morgan fingerprint density at radius 2 is 2.06 bits per heavy atom. The first-order valence-corrected chi connectivity index (χ1v) is 5.66. The van der Waals surface area contributed by atoms with E-state index in [0.29, 0.717) is 24.3 Å². The second-order valence-corrected chi connectivity index (χ2v) is 4.78. The first-order chi connectivity index (χ1) is 7.50. The van der Waals surface area contributed by atoms with Crippen molar-refractivity contribution in [2.45, 2.75) is 39.2 Å². The predicted octanol–water partition coefficient (Wildman–Crippen LogP) is 3.28. The van der Waals surface area contributed by atoms with E-state index in [1.807, 2.05) is 6.92 Å². The maximum Gasteiger partial charge on any atom is 0.132 e. The second kappa shape index (κ2) is 4.13. The van der Waals surface area contributed by atoms with E-state index in [-0.39, 0.29) is 16.9 Å². The molecule has 0 spiro atoms. The lowest BCUT2D eigenvalue weighted by Gasteiger charge is -2.15. The topological polar surface area (TPSA) is 20.2 Å². The summed E-state index contributed by atoms with van der Waals surface area (Å²) in [6.45, 7) is 3.53. The van der Waals surface area contributed by atoms with Gasteiger partial charge in [0, 0.05) is 5.56 Å². The molecule has 16 heavy (non-hydrogen) atoms. The lowest BCUT2D eigenvalue weighted by molar-refractivity contribution is 0.145. The van der Waals surface area contributed by atoms with Gasteiger partial charge in [0.25, 0.3) is 0 Å². The minimum absolute atomic E-state index is 0.182. The minimum Gasteiger partial charge on any atom is -0.388 e. The van der Waals surface area contributed by atoms with Crippen LogP contribution in [0.5, 0.6) is 0 Å². The highest BCUT2D eigenvalue weighted by molar-refractivity contribution is 5.37. The molecule has 1 aromatic rings. The van der Waals surface area contributed by atoms with Gasteiger partial charge in [-0.25, -0.2) is 8.78 Å². The Balaban J connectivity index is 2.59. The van der Waals surface area contributed by atoms with Gasteiger partial charge in [0.05, 0.1) is 6.10 Å². The molecule has 1 aromatic carbocycles. The van der Waals surface area contributed by atoms with Crippen LogP contribution >= 0.6 is 0 Å². The molecule has 0 saturated heterocycles. The number of hydrogen-bond donors (Lipinski definition) is 1. The predicted molar refractivity (Wildman–Crippen MR) is 58.2 cm³/mol. The van der Waals surface area contributed by atoms with Crippen LogP contribution in [-0.4, -0.2) is 5.11 Å². The summed E-state index contributed by atoms with van der Waals surface area (Å²) in [4.78, 5) is 0. The molecule has 0 amide bonds. The highest BCUT2D eigenvalue weighted by atomic mass is 19.1. The summed E-state index contributed by atoms with van der Waals surface area (Å²) in [6.07, 6.45) is 0.939. The molecule has 1 N–H and O–H groups in total. The smallest absolute Gasteiger partial charge is 0.132 e. The Morgan fingerprint density at radius 3 is 2.75 bits per heavy atom. The van der Waals surface area contributed by atoms with Crippen molar-refractivity contribution in [3.05, 3.63) is 34.4 Å². The Bertz CT molecular complexity index is 415. The number of hydrogen-bond acceptors (Lipinski definition) is 1. The number of aliphatic hydroxyl groups excluding tert-OH is 1. The van der Waals surface area contributed by atoms with E-state index in [1.165, 1.54) is 13.0 Å². The zero-order valence-corrected chi connectivity index (χ0v) is 9.56. The summed E-state index contributed by atoms with van der Waals surface area (Å²) in [6, 6.07) is 1.22. The number of aliphatic hydroxyl groups is 1. The number of aryl methyl sites for hydroxylation is 1. The van der Waals surface area contributed by atoms with Crippen LogP contribution in [0.15, 0.2) is 6.07 Å². The molecule has 88 valence electrons. The molecule has 2 atom stereocenters. The lowest BCUT2D eigenvalue weighted by atomic mass is 9.96. The molecule has 1 aliphatic carbocycles. The van der Waals surface area contributed by atoms with E-state index in [4.69, 9.17) is 0 Å². The molecule has 0 aliphatic heterocycles. The first-order valence-electron chi connectivity index (χ1n) is 5.66. The van der Waals surface area contributed by atoms with Crippen molar-refractivity contribution in [2.24, 2.45) is 5.92 Å². The van der Waals surface area contributed by atoms with Crippen LogP contribution in [-0.2, 0) is 6.42 Å². The van der Waals surface area contributed by atoms with E-state index in [9.17, 15) is 13.9 Å². The normalized spacial score (nSPS) is 25.1. The molecule has 0 bridgehead atoms. The maximum absolute atomic E-state index is 13.9. The van der Waals surface area contributed by atoms with Crippen molar-refractivity contribution < 1.29 is 13.9 Å². The second-order valence-electron chi connectivity index (χ2n) is 4.78. The van der Waals surface area contributed by atoms with E-state index in [1.54, 1.807) is 0 Å². The summed E-state index contributed by atoms with van der Waals surface area (Å²) in [5.41, 5.74) is 0.812. The van der Waals surface area contributed by atoms with Gasteiger partial charge >= 0.3 is 0 Å². The fourth-order valence-electron chi connectivity index (χ4n) is 2.42. The van der Waals surface area contributed by atoms with Crippen LogP contribution in [0, 0.1) is 24.5 Å². The van der Waals surface area contributed by atoms with Gasteiger partial charge in [-0.15, -0.1) is 0 Å². The average Bonchev–Trinajstić information content (AvgIpc) is 2.34. The Morgan fingerprint density at radius 1 is 1.38 bits per heavy atom. The van der Waals surface area contributed by atoms with Gasteiger partial charge in [-0.05, 0) is 49.3 Å². The van der Waals surface area contributed by atoms with Gasteiger partial charge in [0.15, 0.2) is 0 Å². The Labute approximate surface area is 94.1 Å². The van der Waals surface area contributed by atoms with E-state index >= 15 is 0 Å². The van der Waals surface area contributed by atoms with Gasteiger partial charge in [-0.3, -0.25) is 0 Å². The third-order valence-electron chi connectivity index (χ3n) is 3.39. The number of rotatable bonds is 0. The monoisotopic (exact) mass is 226 g/mol. The first kappa shape index (κ1) is 11.5. The van der Waals surface area contributed by atoms with Crippen molar-refractivity contribution in [1.82, 2.24) is 0 Å². The van der Waals surface area contributed by atoms with Crippen molar-refractivity contribution in [3.8, 4) is 0 Å². The largest absolute Gasteiger partial charge is 0.388 e. The van der Waals surface area contributed by atoms with E-state index < -0.39 is 11.9 Å². The molecule has 2 unspecified atom stereocenters. The SMILES string of the molecule is Cc1cc(F)c2c(c1F)C(O)CC(C)CC2. The summed E-state index contributed by atoms with van der Waals surface area (Å²) >= 11 is 0. The highest BCUT2D eigenvalue weighted by Gasteiger charge is 2.27. The molecule has 3 heteroatoms. The van der Waals surface area contributed by atoms with Gasteiger partial charge < -0.3 is 5.11 Å². The van der Waals surface area contributed by atoms with E-state index in [2.05, 4.69) is 0 Å². The van der Waals surface area contributed by atoms with Gasteiger partial charge in [-0.2, -0.15) is 0 Å². The number of benzene rings is 1. The van der Waals surface area contributed by atoms with Gasteiger partial charge in [-0.1, -0.05) is 6.92 Å². The molecule has 0 saturated carbocycles. The molecule has 2 rings (SSSR count). The quantitative estimate of drug-likeness (QED) is 0.673. The van der Waals surface area contributed by atoms with Crippen LogP contribution in [0.1, 0.15) is 42.6 Å². The molecule has 0 aromatic heterocycles. The maximum atomic E-state index is 13.9. The number of fused-ring (bicyclic) bond motifs is 1. The molecule has 0 fully saturated rings. The molecule has 0 heterocycles. The fraction of sp³-hybridized carbons (Fsp3) is 0.538. The van der Waals surface area contributed by atoms with Crippen molar-refractivity contribution in [1.29, 1.82) is 0 Å². The third kappa shape index (κ3) is 1.84. The molecule has 1 aliphatic rings. The van der Waals surface area contributed by atoms with Gasteiger partial charge in [0.2, 0.25) is 0 Å². The summed E-state index contributed by atoms with van der Waals surface area (Å²) in [5, 5.41) is 9.93. The van der Waals surface area contributed by atoms with Crippen molar-refractivity contribution >= 4 is 0 Å².